The Morgan fingerprint density at radius 2 is 2.03 bits per heavy atom. The molecule has 1 aliphatic carbocycles. The molecular formula is C23H35N5O. The molecule has 158 valence electrons. The van der Waals surface area contributed by atoms with E-state index in [-0.39, 0.29) is 0 Å². The van der Waals surface area contributed by atoms with Gasteiger partial charge in [-0.2, -0.15) is 5.10 Å². The molecule has 0 unspecified atom stereocenters. The molecule has 1 aromatic heterocycles. The lowest BCUT2D eigenvalue weighted by atomic mass is 10.1. The Morgan fingerprint density at radius 3 is 2.69 bits per heavy atom. The number of ether oxygens (including phenoxy) is 1. The van der Waals surface area contributed by atoms with Crippen molar-refractivity contribution in [3.63, 3.8) is 0 Å². The van der Waals surface area contributed by atoms with Crippen molar-refractivity contribution in [3.8, 4) is 5.75 Å². The molecule has 2 N–H and O–H groups in total. The maximum atomic E-state index is 6.08. The third kappa shape index (κ3) is 5.99. The van der Waals surface area contributed by atoms with Gasteiger partial charge >= 0.3 is 0 Å². The Labute approximate surface area is 174 Å². The van der Waals surface area contributed by atoms with Crippen LogP contribution >= 0.6 is 0 Å². The Balaban J connectivity index is 1.61. The van der Waals surface area contributed by atoms with Gasteiger partial charge in [0.1, 0.15) is 5.75 Å². The monoisotopic (exact) mass is 397 g/mol. The van der Waals surface area contributed by atoms with Crippen LogP contribution < -0.4 is 15.4 Å². The van der Waals surface area contributed by atoms with E-state index in [2.05, 4.69) is 61.6 Å². The van der Waals surface area contributed by atoms with Crippen LogP contribution in [0, 0.1) is 26.7 Å². The largest absolute Gasteiger partial charge is 0.493 e. The second kappa shape index (κ2) is 9.81. The molecule has 3 rings (SSSR count). The highest BCUT2D eigenvalue weighted by Crippen LogP contribution is 2.31. The molecule has 1 aliphatic rings. The SMILES string of the molecule is CCNC(=NCc1ccc(C)cc1OCC1CC1)NCCc1c(C)nn(C)c1C. The first-order valence-corrected chi connectivity index (χ1v) is 10.7. The number of aliphatic imine (C=N–C) groups is 1. The average Bonchev–Trinajstić information content (AvgIpc) is 3.48. The molecule has 0 spiro atoms. The maximum Gasteiger partial charge on any atom is 0.191 e. The number of aromatic nitrogens is 2. The van der Waals surface area contributed by atoms with E-state index < -0.39 is 0 Å². The Bertz CT molecular complexity index is 851. The van der Waals surface area contributed by atoms with Crippen LogP contribution in [-0.2, 0) is 20.0 Å². The molecule has 1 aromatic carbocycles. The summed E-state index contributed by atoms with van der Waals surface area (Å²) in [6.45, 7) is 11.4. The predicted octanol–water partition coefficient (Wildman–Crippen LogP) is 3.43. The average molecular weight is 398 g/mol. The number of rotatable bonds is 9. The van der Waals surface area contributed by atoms with Crippen LogP contribution in [0.5, 0.6) is 5.75 Å². The van der Waals surface area contributed by atoms with E-state index in [0.29, 0.717) is 6.54 Å². The van der Waals surface area contributed by atoms with Gasteiger partial charge in [-0.25, -0.2) is 4.99 Å². The van der Waals surface area contributed by atoms with E-state index in [9.17, 15) is 0 Å². The standard InChI is InChI=1S/C23H35N5O/c1-6-24-23(25-12-11-21-17(3)27-28(5)18(21)4)26-14-20-10-7-16(2)13-22(20)29-15-19-8-9-19/h7,10,13,19H,6,8-9,11-12,14-15H2,1-5H3,(H2,24,25,26). The van der Waals surface area contributed by atoms with Crippen molar-refractivity contribution >= 4 is 5.96 Å². The fourth-order valence-electron chi connectivity index (χ4n) is 3.41. The lowest BCUT2D eigenvalue weighted by molar-refractivity contribution is 0.296. The minimum atomic E-state index is 0.598. The van der Waals surface area contributed by atoms with E-state index in [4.69, 9.17) is 9.73 Å². The summed E-state index contributed by atoms with van der Waals surface area (Å²) in [5.74, 6) is 2.55. The van der Waals surface area contributed by atoms with Crippen LogP contribution in [-0.4, -0.2) is 35.4 Å². The molecule has 1 heterocycles. The van der Waals surface area contributed by atoms with Crippen LogP contribution in [0.1, 0.15) is 47.8 Å². The van der Waals surface area contributed by atoms with Gasteiger partial charge in [-0.1, -0.05) is 12.1 Å². The highest BCUT2D eigenvalue weighted by molar-refractivity contribution is 5.79. The van der Waals surface area contributed by atoms with Gasteiger partial charge in [-0.3, -0.25) is 4.68 Å². The predicted molar refractivity (Wildman–Crippen MR) is 119 cm³/mol. The molecule has 0 radical (unpaired) electrons. The zero-order chi connectivity index (χ0) is 20.8. The zero-order valence-electron chi connectivity index (χ0n) is 18.5. The van der Waals surface area contributed by atoms with Gasteiger partial charge in [-0.05, 0) is 70.1 Å². The van der Waals surface area contributed by atoms with E-state index in [1.54, 1.807) is 0 Å². The van der Waals surface area contributed by atoms with Gasteiger partial charge in [0.2, 0.25) is 0 Å². The highest BCUT2D eigenvalue weighted by atomic mass is 16.5. The fourth-order valence-corrected chi connectivity index (χ4v) is 3.41. The lowest BCUT2D eigenvalue weighted by Gasteiger charge is -2.14. The molecule has 2 aromatic rings. The Kier molecular flexibility index (Phi) is 7.18. The molecule has 6 nitrogen and oxygen atoms in total. The molecule has 0 saturated heterocycles. The number of hydrogen-bond donors (Lipinski definition) is 2. The second-order valence-corrected chi connectivity index (χ2v) is 8.01. The number of nitrogens with zero attached hydrogens (tertiary/aromatic N) is 3. The third-order valence-corrected chi connectivity index (χ3v) is 5.47. The summed E-state index contributed by atoms with van der Waals surface area (Å²) in [4.78, 5) is 4.79. The number of hydrogen-bond acceptors (Lipinski definition) is 3. The van der Waals surface area contributed by atoms with Crippen molar-refractivity contribution in [3.05, 3.63) is 46.3 Å². The van der Waals surface area contributed by atoms with Crippen molar-refractivity contribution in [1.29, 1.82) is 0 Å². The van der Waals surface area contributed by atoms with E-state index in [1.807, 2.05) is 11.7 Å². The lowest BCUT2D eigenvalue weighted by Crippen LogP contribution is -2.38. The molecule has 1 fully saturated rings. The van der Waals surface area contributed by atoms with Crippen LogP contribution in [0.2, 0.25) is 0 Å². The Hall–Kier alpha value is -2.50. The number of aryl methyl sites for hydroxylation is 3. The van der Waals surface area contributed by atoms with E-state index in [0.717, 1.165) is 55.0 Å². The second-order valence-electron chi connectivity index (χ2n) is 8.01. The first kappa shape index (κ1) is 21.2. The van der Waals surface area contributed by atoms with E-state index in [1.165, 1.54) is 29.7 Å². The summed E-state index contributed by atoms with van der Waals surface area (Å²) in [6, 6.07) is 6.39. The van der Waals surface area contributed by atoms with Crippen molar-refractivity contribution in [1.82, 2.24) is 20.4 Å². The molecule has 1 saturated carbocycles. The van der Waals surface area contributed by atoms with Crippen LogP contribution in [0.3, 0.4) is 0 Å². The van der Waals surface area contributed by atoms with Gasteiger partial charge in [0.15, 0.2) is 5.96 Å². The highest BCUT2D eigenvalue weighted by Gasteiger charge is 2.22. The molecule has 0 aliphatic heterocycles. The van der Waals surface area contributed by atoms with Gasteiger partial charge in [0.05, 0.1) is 18.8 Å². The number of nitrogens with one attached hydrogen (secondary N) is 2. The first-order valence-electron chi connectivity index (χ1n) is 10.7. The van der Waals surface area contributed by atoms with E-state index >= 15 is 0 Å². The molecule has 0 amide bonds. The minimum absolute atomic E-state index is 0.598. The van der Waals surface area contributed by atoms with Gasteiger partial charge < -0.3 is 15.4 Å². The molecule has 0 bridgehead atoms. The van der Waals surface area contributed by atoms with Gasteiger partial charge in [-0.15, -0.1) is 0 Å². The smallest absolute Gasteiger partial charge is 0.191 e. The fraction of sp³-hybridized carbons (Fsp3) is 0.565. The zero-order valence-corrected chi connectivity index (χ0v) is 18.5. The van der Waals surface area contributed by atoms with Gasteiger partial charge in [0, 0.05) is 31.4 Å². The Morgan fingerprint density at radius 1 is 1.24 bits per heavy atom. The van der Waals surface area contributed by atoms with Gasteiger partial charge in [0.25, 0.3) is 0 Å². The van der Waals surface area contributed by atoms with Crippen molar-refractivity contribution in [2.75, 3.05) is 19.7 Å². The molecule has 29 heavy (non-hydrogen) atoms. The summed E-state index contributed by atoms with van der Waals surface area (Å²) in [5, 5.41) is 11.3. The topological polar surface area (TPSA) is 63.5 Å². The molecule has 0 atom stereocenters. The molecule has 6 heteroatoms. The summed E-state index contributed by atoms with van der Waals surface area (Å²) in [5.41, 5.74) is 5.99. The van der Waals surface area contributed by atoms with Crippen LogP contribution in [0.4, 0.5) is 0 Å². The molecular weight excluding hydrogens is 362 g/mol. The van der Waals surface area contributed by atoms with Crippen molar-refractivity contribution in [2.45, 2.75) is 53.5 Å². The summed E-state index contributed by atoms with van der Waals surface area (Å²) >= 11 is 0. The first-order chi connectivity index (χ1) is 14.0. The van der Waals surface area contributed by atoms with Crippen LogP contribution in [0.15, 0.2) is 23.2 Å². The van der Waals surface area contributed by atoms with Crippen LogP contribution in [0.25, 0.3) is 0 Å². The summed E-state index contributed by atoms with van der Waals surface area (Å²) < 4.78 is 8.03. The summed E-state index contributed by atoms with van der Waals surface area (Å²) in [6.07, 6.45) is 3.52. The number of benzene rings is 1. The quantitative estimate of drug-likeness (QED) is 0.503. The number of guanidine groups is 1. The summed E-state index contributed by atoms with van der Waals surface area (Å²) in [7, 11) is 2.00. The third-order valence-electron chi connectivity index (χ3n) is 5.47. The van der Waals surface area contributed by atoms with Crippen molar-refractivity contribution < 1.29 is 4.74 Å². The normalized spacial score (nSPS) is 14.2. The van der Waals surface area contributed by atoms with Crippen molar-refractivity contribution in [2.24, 2.45) is 18.0 Å². The maximum absolute atomic E-state index is 6.08. The minimum Gasteiger partial charge on any atom is -0.493 e.